The highest BCUT2D eigenvalue weighted by atomic mass is 79.9. The Morgan fingerprint density at radius 1 is 1.26 bits per heavy atom. The normalized spacial score (nSPS) is 15.7. The van der Waals surface area contributed by atoms with Gasteiger partial charge in [0, 0.05) is 16.1 Å². The van der Waals surface area contributed by atoms with E-state index < -0.39 is 18.6 Å². The number of amides is 1. The second-order valence-corrected chi connectivity index (χ2v) is 8.77. The Labute approximate surface area is 168 Å². The topological polar surface area (TPSA) is 38.8 Å². The van der Waals surface area contributed by atoms with E-state index in [0.717, 1.165) is 36.6 Å². The highest BCUT2D eigenvalue weighted by Crippen LogP contribution is 2.30. The van der Waals surface area contributed by atoms with Crippen molar-refractivity contribution in [3.05, 3.63) is 28.2 Å². The first-order valence-corrected chi connectivity index (χ1v) is 10.1. The Balaban J connectivity index is 2.25. The number of hydrogen-bond acceptors (Lipinski definition) is 3. The molecule has 1 fully saturated rings. The number of halogens is 3. The molecule has 1 aromatic carbocycles. The predicted molar refractivity (Wildman–Crippen MR) is 104 cm³/mol. The molecule has 4 nitrogen and oxygen atoms in total. The lowest BCUT2D eigenvalue weighted by Crippen LogP contribution is -2.43. The van der Waals surface area contributed by atoms with Crippen molar-refractivity contribution < 1.29 is 23.0 Å². The summed E-state index contributed by atoms with van der Waals surface area (Å²) in [4.78, 5) is 14.6. The van der Waals surface area contributed by atoms with Gasteiger partial charge in [0.2, 0.25) is 0 Å². The molecule has 1 aliphatic rings. The molecule has 152 valence electrons. The Morgan fingerprint density at radius 3 is 2.52 bits per heavy atom. The monoisotopic (exact) mass is 447 g/mol. The van der Waals surface area contributed by atoms with E-state index in [1.165, 1.54) is 0 Å². The summed E-state index contributed by atoms with van der Waals surface area (Å²) >= 11 is 3.41. The summed E-state index contributed by atoms with van der Waals surface area (Å²) in [7, 11) is 0. The summed E-state index contributed by atoms with van der Waals surface area (Å²) in [5.41, 5.74) is 0.0810. The van der Waals surface area contributed by atoms with Gasteiger partial charge >= 0.3 is 6.09 Å². The number of carbonyl (C=O) groups excluding carboxylic acids is 1. The molecule has 0 radical (unpaired) electrons. The molecule has 0 saturated heterocycles. The Morgan fingerprint density at radius 2 is 1.93 bits per heavy atom. The third-order valence-corrected chi connectivity index (χ3v) is 4.86. The van der Waals surface area contributed by atoms with Gasteiger partial charge in [-0.2, -0.15) is 0 Å². The van der Waals surface area contributed by atoms with Gasteiger partial charge in [-0.3, -0.25) is 0 Å². The van der Waals surface area contributed by atoms with Crippen LogP contribution in [0.1, 0.15) is 58.4 Å². The van der Waals surface area contributed by atoms with Gasteiger partial charge in [0.15, 0.2) is 0 Å². The van der Waals surface area contributed by atoms with Crippen molar-refractivity contribution in [2.75, 3.05) is 6.61 Å². The minimum atomic E-state index is -2.55. The van der Waals surface area contributed by atoms with Gasteiger partial charge in [-0.15, -0.1) is 0 Å². The molecule has 0 atom stereocenters. The highest BCUT2D eigenvalue weighted by Gasteiger charge is 2.30. The lowest BCUT2D eigenvalue weighted by molar-refractivity contribution is 0.00949. The van der Waals surface area contributed by atoms with Gasteiger partial charge in [0.1, 0.15) is 18.0 Å². The zero-order chi connectivity index (χ0) is 20.0. The van der Waals surface area contributed by atoms with Crippen LogP contribution in [0.4, 0.5) is 13.6 Å². The van der Waals surface area contributed by atoms with Crippen LogP contribution in [-0.2, 0) is 11.3 Å². The van der Waals surface area contributed by atoms with E-state index in [4.69, 9.17) is 9.47 Å². The highest BCUT2D eigenvalue weighted by molar-refractivity contribution is 9.10. The molecular formula is C20H28BrF2NO3. The summed E-state index contributed by atoms with van der Waals surface area (Å²) in [5, 5.41) is 0. The van der Waals surface area contributed by atoms with Crippen LogP contribution in [0, 0.1) is 0 Å². The van der Waals surface area contributed by atoms with Gasteiger partial charge in [-0.05, 0) is 51.8 Å². The van der Waals surface area contributed by atoms with Crippen LogP contribution in [0.2, 0.25) is 0 Å². The molecule has 2 rings (SSSR count). The number of nitrogens with zero attached hydrogens (tertiary/aromatic N) is 1. The Bertz CT molecular complexity index is 628. The molecule has 0 N–H and O–H groups in total. The molecular weight excluding hydrogens is 420 g/mol. The first-order valence-electron chi connectivity index (χ1n) is 9.34. The fraction of sp³-hybridized carbons (Fsp3) is 0.650. The van der Waals surface area contributed by atoms with Crippen molar-refractivity contribution in [2.45, 2.75) is 77.5 Å². The van der Waals surface area contributed by atoms with Crippen LogP contribution in [0.3, 0.4) is 0 Å². The number of hydrogen-bond donors (Lipinski definition) is 0. The van der Waals surface area contributed by atoms with Crippen molar-refractivity contribution in [1.82, 2.24) is 4.90 Å². The lowest BCUT2D eigenvalue weighted by atomic mass is 9.94. The smallest absolute Gasteiger partial charge is 0.410 e. The van der Waals surface area contributed by atoms with E-state index in [0.29, 0.717) is 11.3 Å². The molecule has 27 heavy (non-hydrogen) atoms. The van der Waals surface area contributed by atoms with Crippen LogP contribution in [-0.4, -0.2) is 35.7 Å². The fourth-order valence-corrected chi connectivity index (χ4v) is 3.61. The summed E-state index contributed by atoms with van der Waals surface area (Å²) < 4.78 is 36.8. The van der Waals surface area contributed by atoms with E-state index in [9.17, 15) is 13.6 Å². The van der Waals surface area contributed by atoms with Crippen molar-refractivity contribution in [3.63, 3.8) is 0 Å². The van der Waals surface area contributed by atoms with Crippen molar-refractivity contribution in [2.24, 2.45) is 0 Å². The van der Waals surface area contributed by atoms with Crippen molar-refractivity contribution >= 4 is 22.0 Å². The first-order chi connectivity index (χ1) is 12.7. The second-order valence-electron chi connectivity index (χ2n) is 7.85. The molecule has 0 aromatic heterocycles. The zero-order valence-electron chi connectivity index (χ0n) is 16.1. The molecule has 1 saturated carbocycles. The standard InChI is InChI=1S/C20H28BrF2NO3/c1-20(2,3)27-19(25)24(16-7-5-4-6-8-16)12-14-11-15(21)9-10-17(14)26-13-18(22)23/h9-11,16,18H,4-8,12-13H2,1-3H3. The van der Waals surface area contributed by atoms with Gasteiger partial charge < -0.3 is 14.4 Å². The van der Waals surface area contributed by atoms with Crippen molar-refractivity contribution in [3.8, 4) is 5.75 Å². The fourth-order valence-electron chi connectivity index (χ4n) is 3.20. The zero-order valence-corrected chi connectivity index (χ0v) is 17.7. The van der Waals surface area contributed by atoms with E-state index in [-0.39, 0.29) is 18.7 Å². The molecule has 1 aliphatic carbocycles. The van der Waals surface area contributed by atoms with Gasteiger partial charge in [0.25, 0.3) is 6.43 Å². The average molecular weight is 448 g/mol. The van der Waals surface area contributed by atoms with Gasteiger partial charge in [0.05, 0.1) is 6.54 Å². The summed E-state index contributed by atoms with van der Waals surface area (Å²) in [6.45, 7) is 5.09. The minimum Gasteiger partial charge on any atom is -0.487 e. The third-order valence-electron chi connectivity index (χ3n) is 4.37. The van der Waals surface area contributed by atoms with E-state index in [1.807, 2.05) is 20.8 Å². The maximum Gasteiger partial charge on any atom is 0.410 e. The maximum atomic E-state index is 12.9. The quantitative estimate of drug-likeness (QED) is 0.523. The molecule has 1 amide bonds. The Hall–Kier alpha value is -1.37. The van der Waals surface area contributed by atoms with E-state index in [2.05, 4.69) is 15.9 Å². The minimum absolute atomic E-state index is 0.0792. The largest absolute Gasteiger partial charge is 0.487 e. The van der Waals surface area contributed by atoms with Crippen LogP contribution < -0.4 is 4.74 Å². The second kappa shape index (κ2) is 9.71. The van der Waals surface area contributed by atoms with Crippen LogP contribution in [0.5, 0.6) is 5.75 Å². The van der Waals surface area contributed by atoms with E-state index >= 15 is 0 Å². The van der Waals surface area contributed by atoms with Gasteiger partial charge in [-0.25, -0.2) is 13.6 Å². The van der Waals surface area contributed by atoms with Crippen LogP contribution >= 0.6 is 15.9 Å². The molecule has 0 heterocycles. The molecule has 0 aliphatic heterocycles. The summed E-state index contributed by atoms with van der Waals surface area (Å²) in [5.74, 6) is 0.364. The summed E-state index contributed by atoms with van der Waals surface area (Å²) in [6.07, 6.45) is 2.20. The summed E-state index contributed by atoms with van der Waals surface area (Å²) in [6, 6.07) is 5.27. The van der Waals surface area contributed by atoms with Crippen LogP contribution in [0.25, 0.3) is 0 Å². The average Bonchev–Trinajstić information content (AvgIpc) is 2.58. The predicted octanol–water partition coefficient (Wildman–Crippen LogP) is 6.16. The SMILES string of the molecule is CC(C)(C)OC(=O)N(Cc1cc(Br)ccc1OCC(F)F)C1CCCCC1. The van der Waals surface area contributed by atoms with E-state index in [1.54, 1.807) is 23.1 Å². The first kappa shape index (κ1) is 21.9. The molecule has 0 bridgehead atoms. The van der Waals surface area contributed by atoms with Crippen molar-refractivity contribution in [1.29, 1.82) is 0 Å². The Kier molecular flexibility index (Phi) is 7.89. The number of rotatable bonds is 6. The van der Waals surface area contributed by atoms with Crippen LogP contribution in [0.15, 0.2) is 22.7 Å². The van der Waals surface area contributed by atoms with Gasteiger partial charge in [-0.1, -0.05) is 35.2 Å². The number of ether oxygens (including phenoxy) is 2. The maximum absolute atomic E-state index is 12.9. The molecule has 1 aromatic rings. The third kappa shape index (κ3) is 7.28. The molecule has 0 unspecified atom stereocenters. The molecule has 0 spiro atoms. The molecule has 7 heteroatoms. The number of benzene rings is 1. The number of carbonyl (C=O) groups is 1. The lowest BCUT2D eigenvalue weighted by Gasteiger charge is -2.36. The number of alkyl halides is 2.